The van der Waals surface area contributed by atoms with Gasteiger partial charge >= 0.3 is 11.4 Å². The van der Waals surface area contributed by atoms with E-state index in [4.69, 9.17) is 9.47 Å². The number of halogens is 4. The van der Waals surface area contributed by atoms with Crippen LogP contribution in [0.2, 0.25) is 0 Å². The van der Waals surface area contributed by atoms with Crippen molar-refractivity contribution in [3.8, 4) is 22.9 Å². The Bertz CT molecular complexity index is 2720. The van der Waals surface area contributed by atoms with E-state index in [-0.39, 0.29) is 43.4 Å². The first-order valence-corrected chi connectivity index (χ1v) is 16.9. The number of benzene rings is 4. The molecule has 0 atom stereocenters. The molecule has 0 aliphatic heterocycles. The minimum atomic E-state index is -3.01. The van der Waals surface area contributed by atoms with E-state index in [1.165, 1.54) is 79.0 Å². The molecule has 56 heavy (non-hydrogen) atoms. The maximum atomic E-state index is 14.5. The van der Waals surface area contributed by atoms with Crippen LogP contribution in [0.25, 0.3) is 22.7 Å². The van der Waals surface area contributed by atoms with Crippen molar-refractivity contribution in [2.45, 2.75) is 40.4 Å². The molecule has 8 rings (SSSR count). The van der Waals surface area contributed by atoms with Crippen LogP contribution in [-0.4, -0.2) is 27.9 Å². The van der Waals surface area contributed by atoms with E-state index in [1.807, 2.05) is 49.4 Å². The van der Waals surface area contributed by atoms with Crippen molar-refractivity contribution in [2.24, 2.45) is 0 Å². The zero-order valence-electron chi connectivity index (χ0n) is 29.4. The molecule has 4 heterocycles. The van der Waals surface area contributed by atoms with Crippen molar-refractivity contribution in [2.75, 3.05) is 0 Å². The predicted molar refractivity (Wildman–Crippen MR) is 204 cm³/mol. The van der Waals surface area contributed by atoms with E-state index in [0.29, 0.717) is 39.9 Å². The van der Waals surface area contributed by atoms with E-state index < -0.39 is 17.4 Å². The Morgan fingerprint density at radius 2 is 1.29 bits per heavy atom. The first kappa shape index (κ1) is 38.8. The summed E-state index contributed by atoms with van der Waals surface area (Å²) in [5, 5.41) is 0. The summed E-state index contributed by atoms with van der Waals surface area (Å²) >= 11 is 0. The van der Waals surface area contributed by atoms with Gasteiger partial charge in [0.05, 0.1) is 29.0 Å². The lowest BCUT2D eigenvalue weighted by molar-refractivity contribution is 0.0174. The van der Waals surface area contributed by atoms with E-state index in [2.05, 4.69) is 9.97 Å². The Morgan fingerprint density at radius 3 is 1.96 bits per heavy atom. The highest BCUT2D eigenvalue weighted by molar-refractivity contribution is 5.44. The van der Waals surface area contributed by atoms with Crippen LogP contribution in [0.3, 0.4) is 0 Å². The zero-order valence-corrected chi connectivity index (χ0v) is 29.4. The van der Waals surface area contributed by atoms with Crippen LogP contribution < -0.4 is 20.9 Å². The molecule has 8 aromatic rings. The molecule has 0 fully saturated rings. The largest absolute Gasteiger partial charge is 0.487 e. The van der Waals surface area contributed by atoms with Gasteiger partial charge in [-0.05, 0) is 73.7 Å². The van der Waals surface area contributed by atoms with Gasteiger partial charge in [0, 0.05) is 31.1 Å². The van der Waals surface area contributed by atoms with E-state index in [0.717, 1.165) is 18.7 Å². The average Bonchev–Trinajstić information content (AvgIpc) is 3.82. The molecule has 0 aliphatic carbocycles. The summed E-state index contributed by atoms with van der Waals surface area (Å²) in [5.41, 5.74) is 2.34. The van der Waals surface area contributed by atoms with Gasteiger partial charge in [0.15, 0.2) is 11.5 Å². The monoisotopic (exact) mass is 764 g/mol. The lowest BCUT2D eigenvalue weighted by atomic mass is 10.1. The Morgan fingerprint density at radius 1 is 0.661 bits per heavy atom. The molecule has 0 bridgehead atoms. The van der Waals surface area contributed by atoms with Crippen LogP contribution in [0.5, 0.6) is 11.5 Å². The second kappa shape index (κ2) is 16.2. The average molecular weight is 765 g/mol. The Balaban J connectivity index is 0.000000188. The molecule has 0 saturated heterocycles. The molecule has 4 aromatic heterocycles. The van der Waals surface area contributed by atoms with Crippen molar-refractivity contribution >= 4 is 11.3 Å². The minimum Gasteiger partial charge on any atom is -0.487 e. The van der Waals surface area contributed by atoms with Gasteiger partial charge in [-0.3, -0.25) is 13.5 Å². The van der Waals surface area contributed by atoms with Crippen LogP contribution >= 0.6 is 0 Å². The van der Waals surface area contributed by atoms with E-state index in [9.17, 15) is 27.2 Å². The van der Waals surface area contributed by atoms with Crippen molar-refractivity contribution in [1.29, 1.82) is 0 Å². The Labute approximate surface area is 318 Å². The molecule has 286 valence electrons. The normalized spacial score (nSPS) is 11.2. The summed E-state index contributed by atoms with van der Waals surface area (Å²) < 4.78 is 70.9. The number of imidazole rings is 2. The summed E-state index contributed by atoms with van der Waals surface area (Å²) in [6.07, 6.45) is 5.68. The summed E-state index contributed by atoms with van der Waals surface area (Å²) in [6, 6.07) is 29.4. The van der Waals surface area contributed by atoms with Gasteiger partial charge in [-0.2, -0.15) is 0 Å². The van der Waals surface area contributed by atoms with Crippen molar-refractivity contribution in [3.05, 3.63) is 189 Å². The Kier molecular flexibility index (Phi) is 11.2. The van der Waals surface area contributed by atoms with Crippen molar-refractivity contribution < 1.29 is 27.0 Å². The van der Waals surface area contributed by atoms with Gasteiger partial charge < -0.3 is 9.47 Å². The highest BCUT2D eigenvalue weighted by Gasteiger charge is 2.24. The van der Waals surface area contributed by atoms with Crippen molar-refractivity contribution in [1.82, 2.24) is 27.9 Å². The summed E-state index contributed by atoms with van der Waals surface area (Å²) in [5.74, 6) is -2.80. The molecule has 10 nitrogen and oxygen atoms in total. The molecule has 0 radical (unpaired) electrons. The lowest BCUT2D eigenvalue weighted by Gasteiger charge is -2.13. The molecule has 4 aromatic carbocycles. The Hall–Kier alpha value is -6.96. The van der Waals surface area contributed by atoms with Crippen LogP contribution in [0, 0.1) is 18.6 Å². The number of aryl methyl sites for hydroxylation is 1. The standard InChI is InChI=1S/C21H16F3N3O2.C20H16FN3O2.CH4/c1-21(23,24)14-3-2-4-17(11-14)26-10-9-19-25-16(12-27(19)20(26)28)13-29-18-7-5-15(22)6-8-18;1-14-7-9-16(10-8-14)23-12-18(21)19-22-15(11-24(19)20(23)25)13-26-17-5-3-2-4-6-17;/h2-12H,13H2,1H3;2-12H,13H2,1H3;1H4. The number of rotatable bonds is 9. The van der Waals surface area contributed by atoms with Gasteiger partial charge in [-0.25, -0.2) is 41.5 Å². The highest BCUT2D eigenvalue weighted by atomic mass is 19.3. The molecule has 0 saturated carbocycles. The fraction of sp³-hybridized carbons (Fsp3) is 0.143. The van der Waals surface area contributed by atoms with Gasteiger partial charge in [0.25, 0.3) is 5.92 Å². The number of ether oxygens (including phenoxy) is 2. The van der Waals surface area contributed by atoms with Crippen molar-refractivity contribution in [3.63, 3.8) is 0 Å². The van der Waals surface area contributed by atoms with Crippen LogP contribution in [-0.2, 0) is 19.1 Å². The van der Waals surface area contributed by atoms with Gasteiger partial charge in [-0.15, -0.1) is 0 Å². The fourth-order valence-corrected chi connectivity index (χ4v) is 5.64. The molecule has 0 spiro atoms. The fourth-order valence-electron chi connectivity index (χ4n) is 5.64. The molecule has 0 amide bonds. The highest BCUT2D eigenvalue weighted by Crippen LogP contribution is 2.28. The minimum absolute atomic E-state index is 0. The topological polar surface area (TPSA) is 97.1 Å². The third-order valence-corrected chi connectivity index (χ3v) is 8.47. The summed E-state index contributed by atoms with van der Waals surface area (Å²) in [7, 11) is 0. The summed E-state index contributed by atoms with van der Waals surface area (Å²) in [6.45, 7) is 2.99. The molecular formula is C42H36F4N6O4. The van der Waals surface area contributed by atoms with Crippen LogP contribution in [0.4, 0.5) is 17.6 Å². The first-order valence-electron chi connectivity index (χ1n) is 16.9. The number of para-hydroxylation sites is 1. The molecule has 0 unspecified atom stereocenters. The maximum Gasteiger partial charge on any atom is 0.338 e. The smallest absolute Gasteiger partial charge is 0.338 e. The third kappa shape index (κ3) is 8.54. The van der Waals surface area contributed by atoms with Gasteiger partial charge in [-0.1, -0.05) is 55.5 Å². The molecular weight excluding hydrogens is 728 g/mol. The van der Waals surface area contributed by atoms with E-state index >= 15 is 0 Å². The quantitative estimate of drug-likeness (QED) is 0.137. The van der Waals surface area contributed by atoms with Crippen LogP contribution in [0.15, 0.2) is 144 Å². The second-order valence-corrected chi connectivity index (χ2v) is 12.6. The summed E-state index contributed by atoms with van der Waals surface area (Å²) in [4.78, 5) is 34.1. The number of hydrogen-bond donors (Lipinski definition) is 0. The lowest BCUT2D eigenvalue weighted by Crippen LogP contribution is -2.25. The SMILES string of the molecule is C.CC(F)(F)c1cccc(-n2ccc3nc(COc4ccc(F)cc4)cn3c2=O)c1.Cc1ccc(-n2cc(F)c3nc(COc4ccccc4)cn3c2=O)cc1. The number of hydrogen-bond acceptors (Lipinski definition) is 6. The van der Waals surface area contributed by atoms with E-state index in [1.54, 1.807) is 24.3 Å². The van der Waals surface area contributed by atoms with Crippen LogP contribution in [0.1, 0.15) is 36.9 Å². The molecule has 14 heteroatoms. The number of aromatic nitrogens is 6. The number of nitrogens with zero attached hydrogens (tertiary/aromatic N) is 6. The van der Waals surface area contributed by atoms with Gasteiger partial charge in [0.2, 0.25) is 0 Å². The van der Waals surface area contributed by atoms with Gasteiger partial charge in [0.1, 0.15) is 36.2 Å². The second-order valence-electron chi connectivity index (χ2n) is 12.6. The molecule has 0 N–H and O–H groups in total. The molecule has 0 aliphatic rings. The zero-order chi connectivity index (χ0) is 38.7. The maximum absolute atomic E-state index is 14.5. The number of fused-ring (bicyclic) bond motifs is 2. The first-order chi connectivity index (χ1) is 26.4. The third-order valence-electron chi connectivity index (χ3n) is 8.47. The number of alkyl halides is 2. The predicted octanol–water partition coefficient (Wildman–Crippen LogP) is 8.46.